The molecule has 0 fully saturated rings. The molecule has 0 saturated carbocycles. The molecule has 9 heteroatoms. The van der Waals surface area contributed by atoms with E-state index in [1.165, 1.54) is 12.1 Å². The van der Waals surface area contributed by atoms with Gasteiger partial charge in [0.15, 0.2) is 6.61 Å². The number of amides is 3. The number of carbonyl (C=O) groups excluding carboxylic acids is 4. The average molecular weight is 433 g/mol. The summed E-state index contributed by atoms with van der Waals surface area (Å²) in [6, 6.07) is 8.70. The van der Waals surface area contributed by atoms with Crippen molar-refractivity contribution in [1.29, 1.82) is 0 Å². The van der Waals surface area contributed by atoms with E-state index in [1.54, 1.807) is 18.2 Å². The Balaban J connectivity index is 1.43. The van der Waals surface area contributed by atoms with Gasteiger partial charge in [0, 0.05) is 18.0 Å². The zero-order valence-electron chi connectivity index (χ0n) is 16.0. The molecular formula is C21H18ClFN2O5. The van der Waals surface area contributed by atoms with Crippen LogP contribution in [0.2, 0.25) is 5.02 Å². The molecule has 0 spiro atoms. The number of aryl methyl sites for hydroxylation is 1. The Labute approximate surface area is 176 Å². The Morgan fingerprint density at radius 2 is 1.83 bits per heavy atom. The van der Waals surface area contributed by atoms with Crippen LogP contribution in [0.4, 0.5) is 10.1 Å². The number of imide groups is 1. The van der Waals surface area contributed by atoms with Crippen LogP contribution in [0, 0.1) is 12.7 Å². The number of rotatable bonds is 7. The highest BCUT2D eigenvalue weighted by atomic mass is 35.5. The molecule has 2 aromatic carbocycles. The van der Waals surface area contributed by atoms with Gasteiger partial charge in [-0.1, -0.05) is 23.2 Å². The number of ether oxygens (including phenoxy) is 1. The number of hydrogen-bond donors (Lipinski definition) is 1. The first-order valence-electron chi connectivity index (χ1n) is 9.13. The summed E-state index contributed by atoms with van der Waals surface area (Å²) in [6.07, 6.45) is 0.0963. The predicted octanol–water partition coefficient (Wildman–Crippen LogP) is 3.35. The van der Waals surface area contributed by atoms with Crippen LogP contribution in [-0.4, -0.2) is 41.7 Å². The molecule has 1 N–H and O–H groups in total. The third-order valence-corrected chi connectivity index (χ3v) is 4.69. The van der Waals surface area contributed by atoms with Gasteiger partial charge in [0.1, 0.15) is 5.82 Å². The van der Waals surface area contributed by atoms with Crippen LogP contribution in [0.1, 0.15) is 39.1 Å². The molecule has 0 aliphatic carbocycles. The number of nitrogens with one attached hydrogen (secondary N) is 1. The first kappa shape index (κ1) is 21.4. The van der Waals surface area contributed by atoms with Crippen molar-refractivity contribution in [3.63, 3.8) is 0 Å². The van der Waals surface area contributed by atoms with Crippen LogP contribution >= 0.6 is 11.6 Å². The van der Waals surface area contributed by atoms with E-state index in [2.05, 4.69) is 5.32 Å². The normalized spacial score (nSPS) is 12.7. The molecule has 2 aromatic rings. The van der Waals surface area contributed by atoms with E-state index in [0.29, 0.717) is 11.1 Å². The standard InChI is InChI=1S/C21H18ClFN2O5/c1-12-4-6-14-15(9-12)21(29)25(20(14)28)8-2-3-19(27)30-11-18(26)24-17-10-13(22)5-7-16(17)23/h4-7,9-10H,2-3,8,11H2,1H3,(H,24,26). The number of fused-ring (bicyclic) bond motifs is 1. The van der Waals surface area contributed by atoms with E-state index in [1.807, 2.05) is 6.92 Å². The molecule has 0 atom stereocenters. The van der Waals surface area contributed by atoms with Crippen molar-refractivity contribution in [2.24, 2.45) is 0 Å². The molecule has 0 radical (unpaired) electrons. The number of carbonyl (C=O) groups is 4. The van der Waals surface area contributed by atoms with Gasteiger partial charge in [-0.25, -0.2) is 4.39 Å². The lowest BCUT2D eigenvalue weighted by atomic mass is 10.1. The quantitative estimate of drug-likeness (QED) is 0.535. The third kappa shape index (κ3) is 4.83. The Kier molecular flexibility index (Phi) is 6.47. The Bertz CT molecular complexity index is 1040. The highest BCUT2D eigenvalue weighted by Crippen LogP contribution is 2.24. The smallest absolute Gasteiger partial charge is 0.306 e. The van der Waals surface area contributed by atoms with Crippen molar-refractivity contribution in [2.75, 3.05) is 18.5 Å². The Morgan fingerprint density at radius 1 is 1.10 bits per heavy atom. The molecule has 7 nitrogen and oxygen atoms in total. The molecule has 30 heavy (non-hydrogen) atoms. The van der Waals surface area contributed by atoms with Crippen molar-refractivity contribution in [3.8, 4) is 0 Å². The summed E-state index contributed by atoms with van der Waals surface area (Å²) in [7, 11) is 0. The van der Waals surface area contributed by atoms with E-state index in [9.17, 15) is 23.6 Å². The minimum absolute atomic E-state index is 0.0560. The summed E-state index contributed by atoms with van der Waals surface area (Å²) < 4.78 is 18.4. The zero-order chi connectivity index (χ0) is 21.8. The van der Waals surface area contributed by atoms with Crippen molar-refractivity contribution >= 4 is 41.0 Å². The minimum Gasteiger partial charge on any atom is -0.456 e. The molecule has 0 saturated heterocycles. The number of benzene rings is 2. The number of halogens is 2. The fourth-order valence-corrected chi connectivity index (χ4v) is 3.16. The Hall–Kier alpha value is -3.26. The largest absolute Gasteiger partial charge is 0.456 e. The second-order valence-corrected chi connectivity index (χ2v) is 7.18. The summed E-state index contributed by atoms with van der Waals surface area (Å²) in [5, 5.41) is 2.50. The maximum absolute atomic E-state index is 13.6. The van der Waals surface area contributed by atoms with E-state index in [0.717, 1.165) is 16.5 Å². The summed E-state index contributed by atoms with van der Waals surface area (Å²) >= 11 is 5.74. The number of anilines is 1. The number of hydrogen-bond acceptors (Lipinski definition) is 5. The minimum atomic E-state index is -0.722. The van der Waals surface area contributed by atoms with Gasteiger partial charge in [-0.3, -0.25) is 24.1 Å². The van der Waals surface area contributed by atoms with Crippen molar-refractivity contribution in [2.45, 2.75) is 19.8 Å². The first-order valence-corrected chi connectivity index (χ1v) is 9.51. The number of esters is 1. The SMILES string of the molecule is Cc1ccc2c(c1)C(=O)N(CCCC(=O)OCC(=O)Nc1cc(Cl)ccc1F)C2=O. The van der Waals surface area contributed by atoms with Crippen LogP contribution in [0.15, 0.2) is 36.4 Å². The van der Waals surface area contributed by atoms with Gasteiger partial charge in [0.2, 0.25) is 0 Å². The highest BCUT2D eigenvalue weighted by molar-refractivity contribution is 6.30. The molecule has 0 bridgehead atoms. The van der Waals surface area contributed by atoms with E-state index in [-0.39, 0.29) is 30.1 Å². The van der Waals surface area contributed by atoms with E-state index in [4.69, 9.17) is 16.3 Å². The molecule has 1 aliphatic heterocycles. The summed E-state index contributed by atoms with van der Waals surface area (Å²) in [4.78, 5) is 49.4. The van der Waals surface area contributed by atoms with Gasteiger partial charge in [0.25, 0.3) is 17.7 Å². The monoisotopic (exact) mass is 432 g/mol. The Morgan fingerprint density at radius 3 is 2.60 bits per heavy atom. The third-order valence-electron chi connectivity index (χ3n) is 4.46. The molecule has 0 unspecified atom stereocenters. The van der Waals surface area contributed by atoms with E-state index < -0.39 is 36.1 Å². The van der Waals surface area contributed by atoms with Gasteiger partial charge < -0.3 is 10.1 Å². The fourth-order valence-electron chi connectivity index (χ4n) is 2.99. The van der Waals surface area contributed by atoms with Crippen molar-refractivity contribution in [1.82, 2.24) is 4.90 Å². The van der Waals surface area contributed by atoms with Crippen molar-refractivity contribution < 1.29 is 28.3 Å². The summed E-state index contributed by atoms with van der Waals surface area (Å²) in [5.74, 6) is -2.86. The fraction of sp³-hybridized carbons (Fsp3) is 0.238. The first-order chi connectivity index (χ1) is 14.3. The highest BCUT2D eigenvalue weighted by Gasteiger charge is 2.35. The van der Waals surface area contributed by atoms with Crippen LogP contribution in [0.3, 0.4) is 0 Å². The maximum atomic E-state index is 13.6. The second-order valence-electron chi connectivity index (χ2n) is 6.75. The average Bonchev–Trinajstić information content (AvgIpc) is 2.93. The van der Waals surface area contributed by atoms with Gasteiger partial charge >= 0.3 is 5.97 Å². The summed E-state index contributed by atoms with van der Waals surface area (Å²) in [5.41, 5.74) is 1.45. The van der Waals surface area contributed by atoms with Gasteiger partial charge in [-0.05, 0) is 43.7 Å². The lowest BCUT2D eigenvalue weighted by Gasteiger charge is -2.13. The molecule has 156 valence electrons. The van der Waals surface area contributed by atoms with Crippen LogP contribution in [0.5, 0.6) is 0 Å². The van der Waals surface area contributed by atoms with Gasteiger partial charge in [-0.15, -0.1) is 0 Å². The molecule has 3 rings (SSSR count). The predicted molar refractivity (Wildman–Crippen MR) is 107 cm³/mol. The van der Waals surface area contributed by atoms with Crippen LogP contribution < -0.4 is 5.32 Å². The van der Waals surface area contributed by atoms with Gasteiger partial charge in [-0.2, -0.15) is 0 Å². The molecular weight excluding hydrogens is 415 g/mol. The van der Waals surface area contributed by atoms with Gasteiger partial charge in [0.05, 0.1) is 16.8 Å². The van der Waals surface area contributed by atoms with E-state index >= 15 is 0 Å². The number of nitrogens with zero attached hydrogens (tertiary/aromatic N) is 1. The summed E-state index contributed by atoms with van der Waals surface area (Å²) in [6.45, 7) is 1.28. The van der Waals surface area contributed by atoms with Crippen molar-refractivity contribution in [3.05, 3.63) is 63.9 Å². The molecule has 0 aromatic heterocycles. The maximum Gasteiger partial charge on any atom is 0.306 e. The lowest BCUT2D eigenvalue weighted by molar-refractivity contribution is -0.147. The zero-order valence-corrected chi connectivity index (χ0v) is 16.8. The second kappa shape index (κ2) is 9.04. The molecule has 3 amide bonds. The molecule has 1 aliphatic rings. The van der Waals surface area contributed by atoms with Crippen LogP contribution in [-0.2, 0) is 14.3 Å². The topological polar surface area (TPSA) is 92.8 Å². The lowest BCUT2D eigenvalue weighted by Crippen LogP contribution is -2.31. The molecule has 1 heterocycles. The van der Waals surface area contributed by atoms with Crippen LogP contribution in [0.25, 0.3) is 0 Å².